The highest BCUT2D eigenvalue weighted by Gasteiger charge is 2.27. The minimum Gasteiger partial charge on any atom is -0.379 e. The molecule has 2 heterocycles. The molecule has 0 amide bonds. The van der Waals surface area contributed by atoms with E-state index in [0.29, 0.717) is 11.5 Å². The number of ether oxygens (including phenoxy) is 1. The van der Waals surface area contributed by atoms with Crippen LogP contribution in [0.4, 0.5) is 0 Å². The lowest BCUT2D eigenvalue weighted by Gasteiger charge is -2.39. The fourth-order valence-corrected chi connectivity index (χ4v) is 4.96. The van der Waals surface area contributed by atoms with Gasteiger partial charge in [-0.2, -0.15) is 0 Å². The topological polar surface area (TPSA) is 27.7 Å². The first-order chi connectivity index (χ1) is 12.1. The number of nitrogens with zero attached hydrogens (tertiary/aromatic N) is 2. The average molecular weight is 352 g/mol. The Morgan fingerprint density at radius 1 is 0.920 bits per heavy atom. The van der Waals surface area contributed by atoms with Crippen molar-refractivity contribution in [1.82, 2.24) is 15.1 Å². The molecule has 1 aliphatic carbocycles. The second-order valence-electron chi connectivity index (χ2n) is 9.54. The predicted octanol–water partition coefficient (Wildman–Crippen LogP) is 2.98. The molecule has 3 rings (SSSR count). The zero-order valence-corrected chi connectivity index (χ0v) is 16.8. The molecule has 0 aromatic heterocycles. The van der Waals surface area contributed by atoms with E-state index in [1.807, 2.05) is 0 Å². The van der Waals surface area contributed by atoms with Crippen LogP contribution in [-0.2, 0) is 4.74 Å². The van der Waals surface area contributed by atoms with Gasteiger partial charge in [-0.15, -0.1) is 0 Å². The van der Waals surface area contributed by atoms with E-state index in [4.69, 9.17) is 4.74 Å². The lowest BCUT2D eigenvalue weighted by atomic mass is 9.88. The fourth-order valence-electron chi connectivity index (χ4n) is 4.96. The summed E-state index contributed by atoms with van der Waals surface area (Å²) in [5.41, 5.74) is 0.336. The Balaban J connectivity index is 1.37. The SMILES string of the molecule is CC(C)(CNC1CCCN(CC2CCCCC2)C1)CN1CCOCC1. The molecule has 1 atom stereocenters. The molecule has 0 spiro atoms. The maximum Gasteiger partial charge on any atom is 0.0594 e. The van der Waals surface area contributed by atoms with Gasteiger partial charge in [0, 0.05) is 45.3 Å². The van der Waals surface area contributed by atoms with Gasteiger partial charge in [-0.05, 0) is 43.6 Å². The Bertz CT molecular complexity index is 375. The third kappa shape index (κ3) is 6.82. The van der Waals surface area contributed by atoms with E-state index in [1.165, 1.54) is 71.1 Å². The molecule has 3 fully saturated rings. The van der Waals surface area contributed by atoms with Crippen LogP contribution >= 0.6 is 0 Å². The van der Waals surface area contributed by atoms with Crippen molar-refractivity contribution < 1.29 is 4.74 Å². The van der Waals surface area contributed by atoms with Crippen LogP contribution in [0.25, 0.3) is 0 Å². The molecule has 1 unspecified atom stereocenters. The average Bonchev–Trinajstić information content (AvgIpc) is 2.62. The number of likely N-dealkylation sites (tertiary alicyclic amines) is 1. The number of hydrogen-bond acceptors (Lipinski definition) is 4. The fraction of sp³-hybridized carbons (Fsp3) is 1.00. The molecule has 146 valence electrons. The van der Waals surface area contributed by atoms with Gasteiger partial charge >= 0.3 is 0 Å². The standard InChI is InChI=1S/C21H41N3O/c1-21(2,18-23-11-13-25-14-12-23)17-22-20-9-6-10-24(16-20)15-19-7-4-3-5-8-19/h19-20,22H,3-18H2,1-2H3. The molecule has 3 aliphatic rings. The van der Waals surface area contributed by atoms with Gasteiger partial charge in [0.25, 0.3) is 0 Å². The summed E-state index contributed by atoms with van der Waals surface area (Å²) in [6, 6.07) is 0.696. The van der Waals surface area contributed by atoms with Crippen LogP contribution in [0.15, 0.2) is 0 Å². The van der Waals surface area contributed by atoms with Crippen molar-refractivity contribution in [2.75, 3.05) is 59.0 Å². The summed E-state index contributed by atoms with van der Waals surface area (Å²) in [5.74, 6) is 0.977. The minimum absolute atomic E-state index is 0.336. The van der Waals surface area contributed by atoms with Gasteiger partial charge in [-0.3, -0.25) is 4.90 Å². The summed E-state index contributed by atoms with van der Waals surface area (Å²) < 4.78 is 5.48. The van der Waals surface area contributed by atoms with Crippen molar-refractivity contribution in [2.24, 2.45) is 11.3 Å². The molecule has 2 saturated heterocycles. The normalized spacial score (nSPS) is 28.3. The first-order valence-corrected chi connectivity index (χ1v) is 10.9. The highest BCUT2D eigenvalue weighted by atomic mass is 16.5. The molecular formula is C21H41N3O. The molecular weight excluding hydrogens is 310 g/mol. The summed E-state index contributed by atoms with van der Waals surface area (Å²) >= 11 is 0. The van der Waals surface area contributed by atoms with Crippen LogP contribution in [0.2, 0.25) is 0 Å². The minimum atomic E-state index is 0.336. The van der Waals surface area contributed by atoms with Crippen LogP contribution in [0.1, 0.15) is 58.8 Å². The second kappa shape index (κ2) is 9.68. The summed E-state index contributed by atoms with van der Waals surface area (Å²) in [7, 11) is 0. The first-order valence-electron chi connectivity index (χ1n) is 10.9. The lowest BCUT2D eigenvalue weighted by molar-refractivity contribution is 0.0204. The monoisotopic (exact) mass is 351 g/mol. The summed E-state index contributed by atoms with van der Waals surface area (Å²) in [4.78, 5) is 5.33. The quantitative estimate of drug-likeness (QED) is 0.763. The van der Waals surface area contributed by atoms with Crippen molar-refractivity contribution in [3.63, 3.8) is 0 Å². The van der Waals surface area contributed by atoms with E-state index >= 15 is 0 Å². The van der Waals surface area contributed by atoms with E-state index in [9.17, 15) is 0 Å². The molecule has 1 saturated carbocycles. The highest BCUT2D eigenvalue weighted by molar-refractivity contribution is 4.84. The highest BCUT2D eigenvalue weighted by Crippen LogP contribution is 2.25. The number of nitrogens with one attached hydrogen (secondary N) is 1. The van der Waals surface area contributed by atoms with E-state index in [1.54, 1.807) is 0 Å². The molecule has 0 radical (unpaired) electrons. The molecule has 1 N–H and O–H groups in total. The number of rotatable bonds is 7. The Labute approximate surface area is 155 Å². The van der Waals surface area contributed by atoms with Crippen LogP contribution < -0.4 is 5.32 Å². The van der Waals surface area contributed by atoms with Crippen molar-refractivity contribution >= 4 is 0 Å². The van der Waals surface area contributed by atoms with Crippen LogP contribution in [0.3, 0.4) is 0 Å². The molecule has 4 heteroatoms. The van der Waals surface area contributed by atoms with E-state index in [2.05, 4.69) is 29.0 Å². The number of piperidine rings is 1. The molecule has 0 aromatic rings. The zero-order chi connectivity index (χ0) is 17.5. The molecule has 0 bridgehead atoms. The lowest BCUT2D eigenvalue weighted by Crippen LogP contribution is -2.51. The number of hydrogen-bond donors (Lipinski definition) is 1. The van der Waals surface area contributed by atoms with Crippen molar-refractivity contribution in [3.05, 3.63) is 0 Å². The maximum absolute atomic E-state index is 5.48. The Kier molecular flexibility index (Phi) is 7.59. The largest absolute Gasteiger partial charge is 0.379 e. The Hall–Kier alpha value is -0.160. The maximum atomic E-state index is 5.48. The van der Waals surface area contributed by atoms with Gasteiger partial charge in [0.05, 0.1) is 13.2 Å². The molecule has 4 nitrogen and oxygen atoms in total. The van der Waals surface area contributed by atoms with Crippen LogP contribution in [0.5, 0.6) is 0 Å². The third-order valence-corrected chi connectivity index (χ3v) is 6.37. The van der Waals surface area contributed by atoms with Crippen molar-refractivity contribution in [2.45, 2.75) is 64.8 Å². The zero-order valence-electron chi connectivity index (χ0n) is 16.8. The smallest absolute Gasteiger partial charge is 0.0594 e. The van der Waals surface area contributed by atoms with E-state index < -0.39 is 0 Å². The summed E-state index contributed by atoms with van der Waals surface area (Å²) in [6.45, 7) is 15.1. The third-order valence-electron chi connectivity index (χ3n) is 6.37. The van der Waals surface area contributed by atoms with Gasteiger partial charge in [-0.25, -0.2) is 0 Å². The predicted molar refractivity (Wildman–Crippen MR) is 105 cm³/mol. The van der Waals surface area contributed by atoms with E-state index in [-0.39, 0.29) is 0 Å². The second-order valence-corrected chi connectivity index (χ2v) is 9.54. The van der Waals surface area contributed by atoms with Crippen LogP contribution in [0, 0.1) is 11.3 Å². The van der Waals surface area contributed by atoms with Crippen molar-refractivity contribution in [3.8, 4) is 0 Å². The van der Waals surface area contributed by atoms with Crippen LogP contribution in [-0.4, -0.2) is 74.9 Å². The van der Waals surface area contributed by atoms with Gasteiger partial charge < -0.3 is 15.0 Å². The van der Waals surface area contributed by atoms with Gasteiger partial charge in [0.15, 0.2) is 0 Å². The number of morpholine rings is 1. The summed E-state index contributed by atoms with van der Waals surface area (Å²) in [5, 5.41) is 3.92. The molecule has 25 heavy (non-hydrogen) atoms. The van der Waals surface area contributed by atoms with Gasteiger partial charge in [0.2, 0.25) is 0 Å². The van der Waals surface area contributed by atoms with Gasteiger partial charge in [0.1, 0.15) is 0 Å². The Morgan fingerprint density at radius 2 is 1.68 bits per heavy atom. The summed E-state index contributed by atoms with van der Waals surface area (Å²) in [6.07, 6.45) is 10.1. The first kappa shape index (κ1) is 19.6. The van der Waals surface area contributed by atoms with Crippen molar-refractivity contribution in [1.29, 1.82) is 0 Å². The van der Waals surface area contributed by atoms with Gasteiger partial charge in [-0.1, -0.05) is 33.1 Å². The molecule has 0 aromatic carbocycles. The Morgan fingerprint density at radius 3 is 2.44 bits per heavy atom. The van der Waals surface area contributed by atoms with E-state index in [0.717, 1.165) is 38.8 Å². The molecule has 2 aliphatic heterocycles.